The van der Waals surface area contributed by atoms with Gasteiger partial charge in [-0.3, -0.25) is 4.79 Å². The van der Waals surface area contributed by atoms with Gasteiger partial charge in [-0.2, -0.15) is 0 Å². The van der Waals surface area contributed by atoms with Crippen LogP contribution in [0, 0.1) is 5.92 Å². The highest BCUT2D eigenvalue weighted by Crippen LogP contribution is 2.36. The average molecular weight is 280 g/mol. The molecule has 0 radical (unpaired) electrons. The third-order valence-corrected chi connectivity index (χ3v) is 4.65. The van der Waals surface area contributed by atoms with Gasteiger partial charge in [0.25, 0.3) is 0 Å². The van der Waals surface area contributed by atoms with Gasteiger partial charge in [0.15, 0.2) is 0 Å². The lowest BCUT2D eigenvalue weighted by molar-refractivity contribution is -0.118. The quantitative estimate of drug-likeness (QED) is 0.897. The topological polar surface area (TPSA) is 80.5 Å². The maximum absolute atomic E-state index is 12.1. The van der Waals surface area contributed by atoms with Crippen LogP contribution < -0.4 is 10.0 Å². The fraction of sp³-hybridized carbons (Fsp3) is 0.462. The van der Waals surface area contributed by atoms with Crippen molar-refractivity contribution in [1.29, 1.82) is 0 Å². The van der Waals surface area contributed by atoms with E-state index in [2.05, 4.69) is 0 Å². The molecule has 2 N–H and O–H groups in total. The zero-order valence-electron chi connectivity index (χ0n) is 10.5. The second-order valence-corrected chi connectivity index (χ2v) is 6.84. The summed E-state index contributed by atoms with van der Waals surface area (Å²) in [5, 5.41) is 5.11. The van der Waals surface area contributed by atoms with Crippen molar-refractivity contribution in [3.8, 4) is 0 Å². The summed E-state index contributed by atoms with van der Waals surface area (Å²) in [7, 11) is -3.67. The standard InChI is InChI=1S/C13H16N2O3S/c14-19(17,18)11-3-4-12-10(8-11)5-6-15(12)13(16)7-9-1-2-9/h3-4,8-9H,1-2,5-7H2,(H2,14,17,18). The van der Waals surface area contributed by atoms with E-state index in [9.17, 15) is 13.2 Å². The molecule has 1 heterocycles. The Kier molecular flexibility index (Phi) is 2.87. The molecule has 1 aliphatic heterocycles. The number of benzene rings is 1. The highest BCUT2D eigenvalue weighted by atomic mass is 32.2. The number of hydrogen-bond donors (Lipinski definition) is 1. The molecule has 0 atom stereocenters. The fourth-order valence-corrected chi connectivity index (χ4v) is 3.06. The van der Waals surface area contributed by atoms with Gasteiger partial charge in [-0.25, -0.2) is 13.6 Å². The van der Waals surface area contributed by atoms with Gasteiger partial charge in [0, 0.05) is 18.7 Å². The average Bonchev–Trinajstić information content (AvgIpc) is 3.04. The molecule has 1 amide bonds. The van der Waals surface area contributed by atoms with Crippen LogP contribution in [0.15, 0.2) is 23.1 Å². The van der Waals surface area contributed by atoms with E-state index >= 15 is 0 Å². The summed E-state index contributed by atoms with van der Waals surface area (Å²) in [6.07, 6.45) is 3.60. The number of primary sulfonamides is 1. The van der Waals surface area contributed by atoms with Crippen molar-refractivity contribution < 1.29 is 13.2 Å². The Balaban J connectivity index is 1.86. The number of sulfonamides is 1. The number of carbonyl (C=O) groups excluding carboxylic acids is 1. The van der Waals surface area contributed by atoms with Crippen LogP contribution in [-0.2, 0) is 21.2 Å². The fourth-order valence-electron chi connectivity index (χ4n) is 2.49. The van der Waals surface area contributed by atoms with Crippen LogP contribution in [0.4, 0.5) is 5.69 Å². The molecule has 0 bridgehead atoms. The smallest absolute Gasteiger partial charge is 0.238 e. The van der Waals surface area contributed by atoms with Crippen molar-refractivity contribution in [2.75, 3.05) is 11.4 Å². The first-order valence-electron chi connectivity index (χ1n) is 6.41. The molecule has 0 saturated heterocycles. The van der Waals surface area contributed by atoms with Crippen molar-refractivity contribution in [3.63, 3.8) is 0 Å². The lowest BCUT2D eigenvalue weighted by Gasteiger charge is -2.17. The van der Waals surface area contributed by atoms with Crippen LogP contribution in [-0.4, -0.2) is 20.9 Å². The van der Waals surface area contributed by atoms with Gasteiger partial charge in [0.1, 0.15) is 0 Å². The number of nitrogens with two attached hydrogens (primary N) is 1. The van der Waals surface area contributed by atoms with E-state index in [1.807, 2.05) is 0 Å². The Morgan fingerprint density at radius 3 is 2.74 bits per heavy atom. The van der Waals surface area contributed by atoms with Crippen LogP contribution in [0.2, 0.25) is 0 Å². The zero-order chi connectivity index (χ0) is 13.6. The molecule has 1 fully saturated rings. The lowest BCUT2D eigenvalue weighted by atomic mass is 10.2. The largest absolute Gasteiger partial charge is 0.312 e. The van der Waals surface area contributed by atoms with E-state index in [1.165, 1.54) is 6.07 Å². The summed E-state index contributed by atoms with van der Waals surface area (Å²) in [4.78, 5) is 14.0. The Bertz CT molecular complexity index is 635. The number of fused-ring (bicyclic) bond motifs is 1. The van der Waals surface area contributed by atoms with Gasteiger partial charge >= 0.3 is 0 Å². The molecule has 102 valence electrons. The molecule has 1 aliphatic carbocycles. The number of anilines is 1. The summed E-state index contributed by atoms with van der Waals surface area (Å²) >= 11 is 0. The number of rotatable bonds is 3. The molecule has 5 nitrogen and oxygen atoms in total. The number of carbonyl (C=O) groups is 1. The van der Waals surface area contributed by atoms with E-state index in [1.54, 1.807) is 17.0 Å². The summed E-state index contributed by atoms with van der Waals surface area (Å²) in [5.74, 6) is 0.699. The van der Waals surface area contributed by atoms with Crippen molar-refractivity contribution in [2.24, 2.45) is 11.1 Å². The van der Waals surface area contributed by atoms with Crippen LogP contribution in [0.3, 0.4) is 0 Å². The predicted molar refractivity (Wildman–Crippen MR) is 71.2 cm³/mol. The second-order valence-electron chi connectivity index (χ2n) is 5.28. The van der Waals surface area contributed by atoms with Gasteiger partial charge < -0.3 is 4.90 Å². The molecule has 3 rings (SSSR count). The molecule has 6 heteroatoms. The third-order valence-electron chi connectivity index (χ3n) is 3.74. The molecule has 0 unspecified atom stereocenters. The molecule has 19 heavy (non-hydrogen) atoms. The van der Waals surface area contributed by atoms with Gasteiger partial charge in [-0.15, -0.1) is 0 Å². The van der Waals surface area contributed by atoms with Crippen molar-refractivity contribution in [3.05, 3.63) is 23.8 Å². The Labute approximate surface area is 112 Å². The maximum atomic E-state index is 12.1. The Morgan fingerprint density at radius 1 is 1.37 bits per heavy atom. The van der Waals surface area contributed by atoms with Crippen molar-refractivity contribution in [2.45, 2.75) is 30.6 Å². The van der Waals surface area contributed by atoms with E-state index in [-0.39, 0.29) is 10.8 Å². The molecule has 0 spiro atoms. The van der Waals surface area contributed by atoms with Gasteiger partial charge in [0.05, 0.1) is 4.90 Å². The summed E-state index contributed by atoms with van der Waals surface area (Å²) in [6.45, 7) is 0.634. The normalized spacial score (nSPS) is 18.5. The zero-order valence-corrected chi connectivity index (χ0v) is 11.3. The maximum Gasteiger partial charge on any atom is 0.238 e. The second kappa shape index (κ2) is 4.31. The SMILES string of the molecule is NS(=O)(=O)c1ccc2c(c1)CCN2C(=O)CC1CC1. The first-order chi connectivity index (χ1) is 8.95. The van der Waals surface area contributed by atoms with Crippen LogP contribution in [0.5, 0.6) is 0 Å². The molecular weight excluding hydrogens is 264 g/mol. The van der Waals surface area contributed by atoms with Crippen LogP contribution >= 0.6 is 0 Å². The number of nitrogens with zero attached hydrogens (tertiary/aromatic N) is 1. The highest BCUT2D eigenvalue weighted by molar-refractivity contribution is 7.89. The van der Waals surface area contributed by atoms with Gasteiger partial charge in [-0.1, -0.05) is 0 Å². The third kappa shape index (κ3) is 2.50. The van der Waals surface area contributed by atoms with E-state index < -0.39 is 10.0 Å². The molecule has 1 aromatic carbocycles. The summed E-state index contributed by atoms with van der Waals surface area (Å²) in [6, 6.07) is 4.73. The molecule has 1 saturated carbocycles. The van der Waals surface area contributed by atoms with Crippen LogP contribution in [0.1, 0.15) is 24.8 Å². The molecule has 1 aromatic rings. The van der Waals surface area contributed by atoms with Crippen LogP contribution in [0.25, 0.3) is 0 Å². The van der Waals surface area contributed by atoms with E-state index in [4.69, 9.17) is 5.14 Å². The van der Waals surface area contributed by atoms with E-state index in [0.717, 1.165) is 24.1 Å². The minimum atomic E-state index is -3.67. The van der Waals surface area contributed by atoms with Crippen molar-refractivity contribution in [1.82, 2.24) is 0 Å². The molecular formula is C13H16N2O3S. The lowest BCUT2D eigenvalue weighted by Crippen LogP contribution is -2.29. The minimum Gasteiger partial charge on any atom is -0.312 e. The minimum absolute atomic E-state index is 0.114. The van der Waals surface area contributed by atoms with Gasteiger partial charge in [-0.05, 0) is 48.9 Å². The first-order valence-corrected chi connectivity index (χ1v) is 7.96. The summed E-state index contributed by atoms with van der Waals surface area (Å²) < 4.78 is 22.6. The molecule has 2 aliphatic rings. The monoisotopic (exact) mass is 280 g/mol. The van der Waals surface area contributed by atoms with Crippen molar-refractivity contribution >= 4 is 21.6 Å². The molecule has 0 aromatic heterocycles. The first kappa shape index (κ1) is 12.6. The number of amides is 1. The number of hydrogen-bond acceptors (Lipinski definition) is 3. The Hall–Kier alpha value is -1.40. The summed E-state index contributed by atoms with van der Waals surface area (Å²) in [5.41, 5.74) is 1.72. The highest BCUT2D eigenvalue weighted by Gasteiger charge is 2.30. The van der Waals surface area contributed by atoms with Gasteiger partial charge in [0.2, 0.25) is 15.9 Å². The predicted octanol–water partition coefficient (Wildman–Crippen LogP) is 1.02. The Morgan fingerprint density at radius 2 is 2.11 bits per heavy atom. The van der Waals surface area contributed by atoms with E-state index in [0.29, 0.717) is 25.3 Å².